The number of amides is 2. The highest BCUT2D eigenvalue weighted by atomic mass is 32.1. The number of piperidine rings is 2. The van der Waals surface area contributed by atoms with E-state index in [2.05, 4.69) is 9.80 Å². The lowest BCUT2D eigenvalue weighted by molar-refractivity contribution is -0.132. The van der Waals surface area contributed by atoms with E-state index in [9.17, 15) is 9.59 Å². The number of likely N-dealkylation sites (tertiary alicyclic amines) is 3. The Bertz CT molecular complexity index is 720. The van der Waals surface area contributed by atoms with Gasteiger partial charge in [-0.1, -0.05) is 18.9 Å². The lowest BCUT2D eigenvalue weighted by atomic mass is 9.84. The first kappa shape index (κ1) is 19.6. The van der Waals surface area contributed by atoms with Gasteiger partial charge in [0.05, 0.1) is 4.88 Å². The zero-order chi connectivity index (χ0) is 19.8. The van der Waals surface area contributed by atoms with E-state index in [0.29, 0.717) is 30.0 Å². The second kappa shape index (κ2) is 8.38. The molecule has 4 heterocycles. The van der Waals surface area contributed by atoms with Crippen LogP contribution in [0.5, 0.6) is 0 Å². The molecule has 0 bridgehead atoms. The molecular formula is C23H33N3O2S. The minimum Gasteiger partial charge on any atom is -0.338 e. The van der Waals surface area contributed by atoms with Gasteiger partial charge in [0, 0.05) is 50.7 Å². The molecule has 5 rings (SSSR count). The monoisotopic (exact) mass is 415 g/mol. The average molecular weight is 416 g/mol. The van der Waals surface area contributed by atoms with Gasteiger partial charge in [-0.05, 0) is 55.9 Å². The van der Waals surface area contributed by atoms with Gasteiger partial charge < -0.3 is 14.7 Å². The van der Waals surface area contributed by atoms with E-state index in [1.807, 2.05) is 22.4 Å². The molecular weight excluding hydrogens is 382 g/mol. The third-order valence-electron chi connectivity index (χ3n) is 7.84. The first-order valence-electron chi connectivity index (χ1n) is 11.6. The molecule has 1 aromatic rings. The first-order valence-corrected chi connectivity index (χ1v) is 12.5. The minimum atomic E-state index is 0.201. The van der Waals surface area contributed by atoms with Crippen molar-refractivity contribution < 1.29 is 9.59 Å². The van der Waals surface area contributed by atoms with Crippen molar-refractivity contribution in [2.24, 2.45) is 5.92 Å². The first-order chi connectivity index (χ1) is 14.2. The quantitative estimate of drug-likeness (QED) is 0.758. The van der Waals surface area contributed by atoms with Gasteiger partial charge in [-0.3, -0.25) is 9.59 Å². The zero-order valence-corrected chi connectivity index (χ0v) is 18.1. The van der Waals surface area contributed by atoms with Crippen LogP contribution in [0, 0.1) is 5.92 Å². The fraction of sp³-hybridized carbons (Fsp3) is 0.739. The van der Waals surface area contributed by atoms with Crippen LogP contribution < -0.4 is 0 Å². The number of carbonyl (C=O) groups excluding carboxylic acids is 2. The highest BCUT2D eigenvalue weighted by Gasteiger charge is 2.44. The van der Waals surface area contributed by atoms with E-state index >= 15 is 0 Å². The van der Waals surface area contributed by atoms with Crippen LogP contribution in [0.2, 0.25) is 0 Å². The van der Waals surface area contributed by atoms with Gasteiger partial charge in [0.25, 0.3) is 5.91 Å². The third-order valence-corrected chi connectivity index (χ3v) is 8.70. The molecule has 1 aliphatic carbocycles. The lowest BCUT2D eigenvalue weighted by Crippen LogP contribution is -2.53. The predicted molar refractivity (Wildman–Crippen MR) is 115 cm³/mol. The topological polar surface area (TPSA) is 43.9 Å². The van der Waals surface area contributed by atoms with E-state index in [0.717, 1.165) is 63.2 Å². The smallest absolute Gasteiger partial charge is 0.263 e. The largest absolute Gasteiger partial charge is 0.338 e. The maximum Gasteiger partial charge on any atom is 0.263 e. The van der Waals surface area contributed by atoms with Gasteiger partial charge in [0.15, 0.2) is 0 Å². The summed E-state index contributed by atoms with van der Waals surface area (Å²) < 4.78 is 0. The Kier molecular flexibility index (Phi) is 5.65. The Morgan fingerprint density at radius 3 is 2.38 bits per heavy atom. The van der Waals surface area contributed by atoms with Crippen molar-refractivity contribution >= 4 is 23.2 Å². The molecule has 5 nitrogen and oxygen atoms in total. The standard InChI is InChI=1S/C23H33N3O2S/c27-22-16-17-4-1-2-5-20(17)26(22)19-9-11-24(12-10-19)18-7-13-25(14-8-18)23(28)21-6-3-15-29-21/h3,6,15,17-20H,1-2,4-5,7-14,16H2/t17-,20-/m0/s1. The molecule has 0 spiro atoms. The van der Waals surface area contributed by atoms with E-state index in [1.54, 1.807) is 0 Å². The highest BCUT2D eigenvalue weighted by molar-refractivity contribution is 7.12. The molecule has 2 amide bonds. The van der Waals surface area contributed by atoms with Gasteiger partial charge in [-0.2, -0.15) is 0 Å². The van der Waals surface area contributed by atoms with Crippen LogP contribution in [0.15, 0.2) is 17.5 Å². The van der Waals surface area contributed by atoms with Crippen LogP contribution in [-0.2, 0) is 4.79 Å². The summed E-state index contributed by atoms with van der Waals surface area (Å²) in [6.07, 6.45) is 10.3. The molecule has 1 aromatic heterocycles. The van der Waals surface area contributed by atoms with E-state index in [-0.39, 0.29) is 5.91 Å². The van der Waals surface area contributed by atoms with Crippen LogP contribution in [0.3, 0.4) is 0 Å². The van der Waals surface area contributed by atoms with Crippen LogP contribution in [0.1, 0.15) is 67.5 Å². The van der Waals surface area contributed by atoms with Crippen molar-refractivity contribution in [3.05, 3.63) is 22.4 Å². The van der Waals surface area contributed by atoms with Gasteiger partial charge in [-0.25, -0.2) is 0 Å². The molecule has 2 atom stereocenters. The normalized spacial score (nSPS) is 30.0. The van der Waals surface area contributed by atoms with E-state index in [1.165, 1.54) is 37.0 Å². The predicted octanol–water partition coefficient (Wildman–Crippen LogP) is 3.61. The summed E-state index contributed by atoms with van der Waals surface area (Å²) in [7, 11) is 0. The average Bonchev–Trinajstić information content (AvgIpc) is 3.41. The molecule has 0 N–H and O–H groups in total. The Hall–Kier alpha value is -1.40. The fourth-order valence-electron chi connectivity index (χ4n) is 6.30. The Morgan fingerprint density at radius 1 is 0.931 bits per heavy atom. The molecule has 0 aromatic carbocycles. The van der Waals surface area contributed by atoms with Crippen LogP contribution in [0.4, 0.5) is 0 Å². The summed E-state index contributed by atoms with van der Waals surface area (Å²) in [6.45, 7) is 3.95. The van der Waals surface area contributed by atoms with Crippen LogP contribution in [0.25, 0.3) is 0 Å². The summed E-state index contributed by atoms with van der Waals surface area (Å²) in [5, 5.41) is 1.98. The molecule has 3 aliphatic heterocycles. The minimum absolute atomic E-state index is 0.201. The second-order valence-corrected chi connectivity index (χ2v) is 10.3. The second-order valence-electron chi connectivity index (χ2n) is 9.38. The number of fused-ring (bicyclic) bond motifs is 1. The molecule has 3 saturated heterocycles. The molecule has 4 aliphatic rings. The summed E-state index contributed by atoms with van der Waals surface area (Å²) in [5.74, 6) is 1.27. The molecule has 158 valence electrons. The number of thiophene rings is 1. The van der Waals surface area contributed by atoms with Crippen molar-refractivity contribution in [3.8, 4) is 0 Å². The van der Waals surface area contributed by atoms with E-state index < -0.39 is 0 Å². The number of nitrogens with zero attached hydrogens (tertiary/aromatic N) is 3. The number of carbonyl (C=O) groups is 2. The van der Waals surface area contributed by atoms with Crippen LogP contribution >= 0.6 is 11.3 Å². The van der Waals surface area contributed by atoms with E-state index in [4.69, 9.17) is 0 Å². The number of hydrogen-bond donors (Lipinski definition) is 0. The van der Waals surface area contributed by atoms with Gasteiger partial charge in [0.2, 0.25) is 5.91 Å². The number of rotatable bonds is 3. The summed E-state index contributed by atoms with van der Waals surface area (Å²) in [6, 6.07) is 5.49. The maximum atomic E-state index is 12.7. The molecule has 0 unspecified atom stereocenters. The molecule has 0 radical (unpaired) electrons. The Morgan fingerprint density at radius 2 is 1.66 bits per heavy atom. The molecule has 29 heavy (non-hydrogen) atoms. The van der Waals surface area contributed by atoms with Crippen molar-refractivity contribution in [1.82, 2.24) is 14.7 Å². The summed E-state index contributed by atoms with van der Waals surface area (Å²) in [5.41, 5.74) is 0. The third kappa shape index (κ3) is 3.86. The fourth-order valence-corrected chi connectivity index (χ4v) is 6.99. The summed E-state index contributed by atoms with van der Waals surface area (Å²) in [4.78, 5) is 33.1. The van der Waals surface area contributed by atoms with Crippen molar-refractivity contribution in [2.75, 3.05) is 26.2 Å². The lowest BCUT2D eigenvalue weighted by Gasteiger charge is -2.45. The van der Waals surface area contributed by atoms with Gasteiger partial charge in [-0.15, -0.1) is 11.3 Å². The van der Waals surface area contributed by atoms with Crippen LogP contribution in [-0.4, -0.2) is 70.8 Å². The Labute approximate surface area is 178 Å². The van der Waals surface area contributed by atoms with Gasteiger partial charge >= 0.3 is 0 Å². The maximum absolute atomic E-state index is 12.7. The Balaban J connectivity index is 1.12. The van der Waals surface area contributed by atoms with Gasteiger partial charge in [0.1, 0.15) is 0 Å². The highest BCUT2D eigenvalue weighted by Crippen LogP contribution is 2.40. The van der Waals surface area contributed by atoms with Crippen molar-refractivity contribution in [2.45, 2.75) is 75.9 Å². The van der Waals surface area contributed by atoms with Crippen molar-refractivity contribution in [3.63, 3.8) is 0 Å². The molecule has 4 fully saturated rings. The SMILES string of the molecule is O=C(c1cccs1)N1CCC(N2CCC(N3C(=O)C[C@@H]4CCCC[C@@H]43)CC2)CC1. The van der Waals surface area contributed by atoms with Crippen molar-refractivity contribution in [1.29, 1.82) is 0 Å². The molecule has 1 saturated carbocycles. The number of hydrogen-bond acceptors (Lipinski definition) is 4. The molecule has 6 heteroatoms. The summed E-state index contributed by atoms with van der Waals surface area (Å²) >= 11 is 1.54. The zero-order valence-electron chi connectivity index (χ0n) is 17.3.